The Morgan fingerprint density at radius 1 is 1.15 bits per heavy atom. The monoisotopic (exact) mass is 390 g/mol. The fourth-order valence-electron chi connectivity index (χ4n) is 3.10. The molecule has 7 nitrogen and oxygen atoms in total. The first kappa shape index (κ1) is 19.3. The first-order valence-electron chi connectivity index (χ1n) is 8.50. The van der Waals surface area contributed by atoms with Crippen molar-refractivity contribution in [3.63, 3.8) is 0 Å². The van der Waals surface area contributed by atoms with Crippen LogP contribution in [0.3, 0.4) is 0 Å². The standard InChI is InChI=1S/C19H22N2O5S/c1-20(26-3)27(23,24)17-8-4-6-15(13-17)19(22)21-11-5-7-14-12-16(25-2)9-10-18(14)21/h4,6,8-10,12-13H,5,7,11H2,1-3H3. The van der Waals surface area contributed by atoms with Crippen molar-refractivity contribution in [2.24, 2.45) is 0 Å². The van der Waals surface area contributed by atoms with Gasteiger partial charge in [-0.3, -0.25) is 9.63 Å². The normalized spacial score (nSPS) is 14.1. The van der Waals surface area contributed by atoms with Crippen LogP contribution in [0.1, 0.15) is 22.3 Å². The summed E-state index contributed by atoms with van der Waals surface area (Å²) in [5, 5.41) is 0. The van der Waals surface area contributed by atoms with Crippen LogP contribution in [-0.4, -0.2) is 46.6 Å². The number of hydrogen-bond donors (Lipinski definition) is 0. The van der Waals surface area contributed by atoms with Gasteiger partial charge in [0.15, 0.2) is 0 Å². The maximum Gasteiger partial charge on any atom is 0.264 e. The van der Waals surface area contributed by atoms with Gasteiger partial charge in [-0.2, -0.15) is 0 Å². The fourth-order valence-corrected chi connectivity index (χ4v) is 4.12. The Labute approximate surface area is 159 Å². The van der Waals surface area contributed by atoms with Gasteiger partial charge in [0.2, 0.25) is 0 Å². The topological polar surface area (TPSA) is 76.2 Å². The molecule has 0 aliphatic carbocycles. The number of hydroxylamine groups is 1. The van der Waals surface area contributed by atoms with E-state index in [0.29, 0.717) is 12.1 Å². The van der Waals surface area contributed by atoms with Gasteiger partial charge in [0.25, 0.3) is 15.9 Å². The van der Waals surface area contributed by atoms with E-state index in [1.807, 2.05) is 18.2 Å². The molecule has 144 valence electrons. The Morgan fingerprint density at radius 3 is 2.63 bits per heavy atom. The highest BCUT2D eigenvalue weighted by atomic mass is 32.2. The van der Waals surface area contributed by atoms with E-state index in [0.717, 1.165) is 34.3 Å². The Morgan fingerprint density at radius 2 is 1.93 bits per heavy atom. The minimum Gasteiger partial charge on any atom is -0.497 e. The van der Waals surface area contributed by atoms with Crippen LogP contribution in [0.2, 0.25) is 0 Å². The van der Waals surface area contributed by atoms with Crippen molar-refractivity contribution in [1.29, 1.82) is 0 Å². The van der Waals surface area contributed by atoms with Gasteiger partial charge in [0.1, 0.15) is 5.75 Å². The molecule has 2 aromatic rings. The van der Waals surface area contributed by atoms with Gasteiger partial charge < -0.3 is 9.64 Å². The molecule has 1 heterocycles. The van der Waals surface area contributed by atoms with Crippen molar-refractivity contribution in [1.82, 2.24) is 4.47 Å². The molecule has 0 unspecified atom stereocenters. The van der Waals surface area contributed by atoms with E-state index < -0.39 is 10.0 Å². The molecule has 0 saturated heterocycles. The molecule has 2 aromatic carbocycles. The lowest BCUT2D eigenvalue weighted by Gasteiger charge is -2.30. The molecule has 1 aliphatic heterocycles. The second-order valence-corrected chi connectivity index (χ2v) is 8.12. The summed E-state index contributed by atoms with van der Waals surface area (Å²) in [6.07, 6.45) is 1.69. The Kier molecular flexibility index (Phi) is 5.50. The van der Waals surface area contributed by atoms with Crippen molar-refractivity contribution in [3.05, 3.63) is 53.6 Å². The predicted octanol–water partition coefficient (Wildman–Crippen LogP) is 2.47. The van der Waals surface area contributed by atoms with Gasteiger partial charge in [-0.25, -0.2) is 8.42 Å². The number of ether oxygens (including phenoxy) is 1. The van der Waals surface area contributed by atoms with Crippen molar-refractivity contribution in [2.75, 3.05) is 32.7 Å². The second kappa shape index (κ2) is 7.67. The smallest absolute Gasteiger partial charge is 0.264 e. The lowest BCUT2D eigenvalue weighted by Crippen LogP contribution is -2.35. The summed E-state index contributed by atoms with van der Waals surface area (Å²) in [4.78, 5) is 19.6. The van der Waals surface area contributed by atoms with Crippen molar-refractivity contribution in [2.45, 2.75) is 17.7 Å². The number of amides is 1. The van der Waals surface area contributed by atoms with E-state index in [9.17, 15) is 13.2 Å². The third-order valence-electron chi connectivity index (χ3n) is 4.62. The van der Waals surface area contributed by atoms with Crippen LogP contribution in [0, 0.1) is 0 Å². The largest absolute Gasteiger partial charge is 0.497 e. The molecule has 0 bridgehead atoms. The predicted molar refractivity (Wildman–Crippen MR) is 101 cm³/mol. The first-order valence-corrected chi connectivity index (χ1v) is 9.94. The summed E-state index contributed by atoms with van der Waals surface area (Å²) in [5.74, 6) is 0.511. The van der Waals surface area contributed by atoms with E-state index >= 15 is 0 Å². The van der Waals surface area contributed by atoms with Crippen molar-refractivity contribution in [3.8, 4) is 5.75 Å². The van der Waals surface area contributed by atoms with Crippen LogP contribution in [0.4, 0.5) is 5.69 Å². The van der Waals surface area contributed by atoms with Crippen LogP contribution >= 0.6 is 0 Å². The maximum absolute atomic E-state index is 13.1. The Bertz CT molecular complexity index is 958. The van der Waals surface area contributed by atoms with Crippen LogP contribution in [0.5, 0.6) is 5.75 Å². The summed E-state index contributed by atoms with van der Waals surface area (Å²) >= 11 is 0. The first-order chi connectivity index (χ1) is 12.9. The summed E-state index contributed by atoms with van der Waals surface area (Å²) in [7, 11) is 0.359. The number of benzene rings is 2. The Balaban J connectivity index is 1.96. The summed E-state index contributed by atoms with van der Waals surface area (Å²) in [6, 6.07) is 11.6. The number of hydrogen-bond acceptors (Lipinski definition) is 5. The molecule has 1 amide bonds. The van der Waals surface area contributed by atoms with Crippen LogP contribution in [0.15, 0.2) is 47.4 Å². The summed E-state index contributed by atoms with van der Waals surface area (Å²) in [6.45, 7) is 0.577. The molecule has 0 fully saturated rings. The maximum atomic E-state index is 13.1. The highest BCUT2D eigenvalue weighted by Gasteiger charge is 2.26. The van der Waals surface area contributed by atoms with E-state index in [1.165, 1.54) is 26.3 Å². The Hall–Kier alpha value is -2.42. The minimum absolute atomic E-state index is 0.00432. The van der Waals surface area contributed by atoms with Gasteiger partial charge in [-0.15, -0.1) is 0 Å². The van der Waals surface area contributed by atoms with Crippen molar-refractivity contribution < 1.29 is 22.8 Å². The van der Waals surface area contributed by atoms with Crippen LogP contribution in [0.25, 0.3) is 0 Å². The number of carbonyl (C=O) groups is 1. The summed E-state index contributed by atoms with van der Waals surface area (Å²) in [5.41, 5.74) is 2.18. The fraction of sp³-hybridized carbons (Fsp3) is 0.316. The van der Waals surface area contributed by atoms with E-state index in [1.54, 1.807) is 24.1 Å². The number of nitrogens with zero attached hydrogens (tertiary/aromatic N) is 2. The third kappa shape index (κ3) is 3.69. The minimum atomic E-state index is -3.82. The summed E-state index contributed by atoms with van der Waals surface area (Å²) < 4.78 is 30.9. The number of methoxy groups -OCH3 is 1. The molecule has 8 heteroatoms. The van der Waals surface area contributed by atoms with Gasteiger partial charge in [0.05, 0.1) is 19.1 Å². The molecule has 3 rings (SSSR count). The lowest BCUT2D eigenvalue weighted by atomic mass is 10.0. The third-order valence-corrected chi connectivity index (χ3v) is 6.30. The zero-order chi connectivity index (χ0) is 19.6. The number of carbonyl (C=O) groups excluding carboxylic acids is 1. The molecule has 0 saturated carbocycles. The van der Waals surface area contributed by atoms with Crippen molar-refractivity contribution >= 4 is 21.6 Å². The molecule has 0 aromatic heterocycles. The van der Waals surface area contributed by atoms with Gasteiger partial charge in [-0.05, 0) is 54.8 Å². The zero-order valence-electron chi connectivity index (χ0n) is 15.5. The number of fused-ring (bicyclic) bond motifs is 1. The number of rotatable bonds is 5. The molecular formula is C19H22N2O5S. The van der Waals surface area contributed by atoms with Gasteiger partial charge in [0, 0.05) is 24.8 Å². The highest BCUT2D eigenvalue weighted by Crippen LogP contribution is 2.31. The molecule has 0 radical (unpaired) electrons. The second-order valence-electron chi connectivity index (χ2n) is 6.18. The van der Waals surface area contributed by atoms with E-state index in [-0.39, 0.29) is 10.8 Å². The lowest BCUT2D eigenvalue weighted by molar-refractivity contribution is -0.0258. The van der Waals surface area contributed by atoms with Crippen LogP contribution < -0.4 is 9.64 Å². The average molecular weight is 390 g/mol. The molecule has 0 N–H and O–H groups in total. The highest BCUT2D eigenvalue weighted by molar-refractivity contribution is 7.89. The zero-order valence-corrected chi connectivity index (χ0v) is 16.3. The molecule has 0 spiro atoms. The average Bonchev–Trinajstić information content (AvgIpc) is 2.71. The van der Waals surface area contributed by atoms with Crippen LogP contribution in [-0.2, 0) is 21.3 Å². The SMILES string of the molecule is COc1ccc2c(c1)CCCN2C(=O)c1cccc(S(=O)(=O)N(C)OC)c1. The van der Waals surface area contributed by atoms with E-state index in [4.69, 9.17) is 9.57 Å². The molecule has 0 atom stereocenters. The molecular weight excluding hydrogens is 368 g/mol. The number of sulfonamides is 1. The number of anilines is 1. The number of aryl methyl sites for hydroxylation is 1. The van der Waals surface area contributed by atoms with Gasteiger partial charge in [-0.1, -0.05) is 10.5 Å². The van der Waals surface area contributed by atoms with E-state index in [2.05, 4.69) is 0 Å². The molecule has 27 heavy (non-hydrogen) atoms. The molecule has 1 aliphatic rings. The van der Waals surface area contributed by atoms with Gasteiger partial charge >= 0.3 is 0 Å². The quantitative estimate of drug-likeness (QED) is 0.733.